The van der Waals surface area contributed by atoms with Crippen molar-refractivity contribution in [1.82, 2.24) is 15.1 Å². The topological polar surface area (TPSA) is 73.2 Å². The van der Waals surface area contributed by atoms with Crippen LogP contribution in [-0.2, 0) is 6.54 Å². The van der Waals surface area contributed by atoms with Gasteiger partial charge < -0.3 is 10.1 Å². The van der Waals surface area contributed by atoms with Gasteiger partial charge in [-0.2, -0.15) is 5.10 Å². The minimum absolute atomic E-state index is 0.160. The fourth-order valence-electron chi connectivity index (χ4n) is 2.41. The zero-order valence-corrected chi connectivity index (χ0v) is 13.2. The summed E-state index contributed by atoms with van der Waals surface area (Å²) in [6, 6.07) is 14.1. The van der Waals surface area contributed by atoms with Crippen LogP contribution in [-0.4, -0.2) is 29.3 Å². The molecule has 2 aromatic carbocycles. The van der Waals surface area contributed by atoms with Crippen molar-refractivity contribution in [2.24, 2.45) is 0 Å². The molecule has 1 aromatic heterocycles. The number of aromatic nitrogens is 2. The van der Waals surface area contributed by atoms with Gasteiger partial charge in [-0.25, -0.2) is 4.68 Å². The van der Waals surface area contributed by atoms with Gasteiger partial charge >= 0.3 is 0 Å². The fourth-order valence-corrected chi connectivity index (χ4v) is 2.41. The summed E-state index contributed by atoms with van der Waals surface area (Å²) in [7, 11) is 1.57. The molecule has 0 saturated carbocycles. The Bertz CT molecular complexity index is 917. The van der Waals surface area contributed by atoms with Gasteiger partial charge in [-0.15, -0.1) is 0 Å². The summed E-state index contributed by atoms with van der Waals surface area (Å²) in [6.07, 6.45) is 1.65. The Morgan fingerprint density at radius 2 is 1.92 bits per heavy atom. The lowest BCUT2D eigenvalue weighted by atomic mass is 10.2. The molecule has 6 nitrogen and oxygen atoms in total. The molecule has 1 amide bonds. The Hall–Kier alpha value is -3.15. The molecule has 0 bridgehead atoms. The largest absolute Gasteiger partial charge is 0.497 e. The van der Waals surface area contributed by atoms with Gasteiger partial charge in [0, 0.05) is 17.5 Å². The standard InChI is InChI=1S/C18H17N3O3/c1-24-15-8-6-13(7-9-15)17(22)19-10-11-21-18(23)16-5-3-2-4-14(16)12-20-21/h2-9,12H,10-11H2,1H3,(H,19,22). The number of hydrogen-bond donors (Lipinski definition) is 1. The maximum atomic E-state index is 12.3. The van der Waals surface area contributed by atoms with Crippen molar-refractivity contribution in [1.29, 1.82) is 0 Å². The molecule has 0 fully saturated rings. The average Bonchev–Trinajstić information content (AvgIpc) is 2.64. The van der Waals surface area contributed by atoms with Gasteiger partial charge in [0.1, 0.15) is 5.75 Å². The maximum absolute atomic E-state index is 12.3. The predicted octanol–water partition coefficient (Wildman–Crippen LogP) is 1.84. The third kappa shape index (κ3) is 3.27. The molecule has 0 aliphatic rings. The third-order valence-corrected chi connectivity index (χ3v) is 3.72. The van der Waals surface area contributed by atoms with E-state index in [1.807, 2.05) is 18.2 Å². The molecule has 1 N–H and O–H groups in total. The van der Waals surface area contributed by atoms with E-state index in [-0.39, 0.29) is 11.5 Å². The van der Waals surface area contributed by atoms with Crippen LogP contribution in [0.15, 0.2) is 59.5 Å². The number of nitrogens with one attached hydrogen (secondary N) is 1. The molecule has 0 saturated heterocycles. The summed E-state index contributed by atoms with van der Waals surface area (Å²) in [5.74, 6) is 0.491. The Labute approximate surface area is 138 Å². The lowest BCUT2D eigenvalue weighted by Gasteiger charge is -2.08. The van der Waals surface area contributed by atoms with Crippen molar-refractivity contribution >= 4 is 16.7 Å². The molecule has 6 heteroatoms. The zero-order valence-electron chi connectivity index (χ0n) is 13.2. The molecule has 0 aliphatic carbocycles. The highest BCUT2D eigenvalue weighted by molar-refractivity contribution is 5.94. The number of amides is 1. The number of ether oxygens (including phenoxy) is 1. The van der Waals surface area contributed by atoms with Gasteiger partial charge in [0.2, 0.25) is 0 Å². The van der Waals surface area contributed by atoms with Crippen molar-refractivity contribution in [2.45, 2.75) is 6.54 Å². The molecule has 3 rings (SSSR count). The first-order valence-corrected chi connectivity index (χ1v) is 7.56. The second-order valence-corrected chi connectivity index (χ2v) is 5.24. The van der Waals surface area contributed by atoms with Crippen LogP contribution < -0.4 is 15.6 Å². The van der Waals surface area contributed by atoms with Crippen molar-refractivity contribution in [3.8, 4) is 5.75 Å². The number of methoxy groups -OCH3 is 1. The second-order valence-electron chi connectivity index (χ2n) is 5.24. The van der Waals surface area contributed by atoms with E-state index < -0.39 is 0 Å². The van der Waals surface area contributed by atoms with Crippen LogP contribution in [0.25, 0.3) is 10.8 Å². The van der Waals surface area contributed by atoms with Gasteiger partial charge in [-0.05, 0) is 30.3 Å². The highest BCUT2D eigenvalue weighted by atomic mass is 16.5. The number of carbonyl (C=O) groups excluding carboxylic acids is 1. The Morgan fingerprint density at radius 3 is 2.67 bits per heavy atom. The Morgan fingerprint density at radius 1 is 1.17 bits per heavy atom. The Balaban J connectivity index is 1.64. The lowest BCUT2D eigenvalue weighted by Crippen LogP contribution is -2.32. The Kier molecular flexibility index (Phi) is 4.56. The molecule has 3 aromatic rings. The molecule has 122 valence electrons. The van der Waals surface area contributed by atoms with Gasteiger partial charge in [0.15, 0.2) is 0 Å². The first kappa shape index (κ1) is 15.7. The summed E-state index contributed by atoms with van der Waals surface area (Å²) in [5.41, 5.74) is 0.376. The summed E-state index contributed by atoms with van der Waals surface area (Å²) in [4.78, 5) is 24.4. The molecule has 0 spiro atoms. The number of hydrogen-bond acceptors (Lipinski definition) is 4. The van der Waals surface area contributed by atoms with E-state index in [1.165, 1.54) is 4.68 Å². The maximum Gasteiger partial charge on any atom is 0.274 e. The van der Waals surface area contributed by atoms with Gasteiger partial charge in [-0.3, -0.25) is 9.59 Å². The third-order valence-electron chi connectivity index (χ3n) is 3.72. The van der Waals surface area contributed by atoms with Crippen LogP contribution in [0, 0.1) is 0 Å². The monoisotopic (exact) mass is 323 g/mol. The normalized spacial score (nSPS) is 10.5. The number of nitrogens with zero attached hydrogens (tertiary/aromatic N) is 2. The van der Waals surface area contributed by atoms with E-state index in [0.29, 0.717) is 29.8 Å². The smallest absolute Gasteiger partial charge is 0.274 e. The predicted molar refractivity (Wildman–Crippen MR) is 91.3 cm³/mol. The fraction of sp³-hybridized carbons (Fsp3) is 0.167. The second kappa shape index (κ2) is 6.95. The molecule has 24 heavy (non-hydrogen) atoms. The van der Waals surface area contributed by atoms with E-state index in [9.17, 15) is 9.59 Å². The minimum Gasteiger partial charge on any atom is -0.497 e. The first-order valence-electron chi connectivity index (χ1n) is 7.56. The van der Waals surface area contributed by atoms with E-state index in [2.05, 4.69) is 10.4 Å². The summed E-state index contributed by atoms with van der Waals surface area (Å²) >= 11 is 0. The molecule has 1 heterocycles. The molecular weight excluding hydrogens is 306 g/mol. The van der Waals surface area contributed by atoms with E-state index in [0.717, 1.165) is 5.39 Å². The van der Waals surface area contributed by atoms with Gasteiger partial charge in [0.05, 0.1) is 25.2 Å². The van der Waals surface area contributed by atoms with Crippen LogP contribution in [0.1, 0.15) is 10.4 Å². The van der Waals surface area contributed by atoms with Crippen molar-refractivity contribution in [3.63, 3.8) is 0 Å². The summed E-state index contributed by atoms with van der Waals surface area (Å²) < 4.78 is 6.42. The molecule has 0 radical (unpaired) electrons. The van der Waals surface area contributed by atoms with Crippen LogP contribution in [0.4, 0.5) is 0 Å². The van der Waals surface area contributed by atoms with E-state index in [1.54, 1.807) is 43.6 Å². The highest BCUT2D eigenvalue weighted by Gasteiger charge is 2.07. The lowest BCUT2D eigenvalue weighted by molar-refractivity contribution is 0.0951. The van der Waals surface area contributed by atoms with Gasteiger partial charge in [0.25, 0.3) is 11.5 Å². The van der Waals surface area contributed by atoms with Crippen LogP contribution in [0.2, 0.25) is 0 Å². The quantitative estimate of drug-likeness (QED) is 0.777. The zero-order chi connectivity index (χ0) is 16.9. The SMILES string of the molecule is COc1ccc(C(=O)NCCn2ncc3ccccc3c2=O)cc1. The summed E-state index contributed by atoms with van der Waals surface area (Å²) in [5, 5.41) is 8.34. The summed E-state index contributed by atoms with van der Waals surface area (Å²) in [6.45, 7) is 0.627. The van der Waals surface area contributed by atoms with Crippen LogP contribution in [0.3, 0.4) is 0 Å². The number of benzene rings is 2. The highest BCUT2D eigenvalue weighted by Crippen LogP contribution is 2.11. The number of rotatable bonds is 5. The molecule has 0 atom stereocenters. The van der Waals surface area contributed by atoms with Crippen LogP contribution >= 0.6 is 0 Å². The van der Waals surface area contributed by atoms with Crippen molar-refractivity contribution < 1.29 is 9.53 Å². The number of fused-ring (bicyclic) bond motifs is 1. The van der Waals surface area contributed by atoms with Crippen molar-refractivity contribution in [3.05, 3.63) is 70.6 Å². The average molecular weight is 323 g/mol. The van der Waals surface area contributed by atoms with E-state index >= 15 is 0 Å². The molecule has 0 unspecified atom stereocenters. The van der Waals surface area contributed by atoms with Crippen molar-refractivity contribution in [2.75, 3.05) is 13.7 Å². The van der Waals surface area contributed by atoms with Gasteiger partial charge in [-0.1, -0.05) is 18.2 Å². The van der Waals surface area contributed by atoms with Crippen LogP contribution in [0.5, 0.6) is 5.75 Å². The molecular formula is C18H17N3O3. The number of carbonyl (C=O) groups is 1. The molecule has 0 aliphatic heterocycles. The van der Waals surface area contributed by atoms with E-state index in [4.69, 9.17) is 4.74 Å². The first-order chi connectivity index (χ1) is 11.7. The minimum atomic E-state index is -0.202.